The average Bonchev–Trinajstić information content (AvgIpc) is 2.99. The van der Waals surface area contributed by atoms with Crippen molar-refractivity contribution in [1.82, 2.24) is 10.2 Å². The van der Waals surface area contributed by atoms with Crippen LogP contribution in [-0.4, -0.2) is 29.9 Å². The van der Waals surface area contributed by atoms with Crippen molar-refractivity contribution >= 4 is 5.91 Å². The smallest absolute Gasteiger partial charge is 0.254 e. The summed E-state index contributed by atoms with van der Waals surface area (Å²) >= 11 is 0. The van der Waals surface area contributed by atoms with Gasteiger partial charge in [0, 0.05) is 18.2 Å². The van der Waals surface area contributed by atoms with Crippen LogP contribution in [0.15, 0.2) is 42.5 Å². The van der Waals surface area contributed by atoms with Crippen LogP contribution in [0, 0.1) is 11.3 Å². The predicted octanol–water partition coefficient (Wildman–Crippen LogP) is 2.93. The van der Waals surface area contributed by atoms with E-state index < -0.39 is 0 Å². The van der Waals surface area contributed by atoms with Crippen LogP contribution in [0.1, 0.15) is 34.3 Å². The van der Waals surface area contributed by atoms with Crippen LogP contribution in [0.5, 0.6) is 0 Å². The molecule has 1 N–H and O–H groups in total. The lowest BCUT2D eigenvalue weighted by Crippen LogP contribution is -2.43. The molecule has 2 aromatic rings. The summed E-state index contributed by atoms with van der Waals surface area (Å²) in [4.78, 5) is 14.7. The highest BCUT2D eigenvalue weighted by Gasteiger charge is 2.33. The van der Waals surface area contributed by atoms with Gasteiger partial charge in [-0.15, -0.1) is 0 Å². The molecule has 0 radical (unpaired) electrons. The maximum absolute atomic E-state index is 12.7. The molecule has 4 rings (SSSR count). The van der Waals surface area contributed by atoms with E-state index in [1.54, 1.807) is 0 Å². The fraction of sp³-hybridized carbons (Fsp3) is 0.300. The molecule has 2 aromatic carbocycles. The SMILES string of the molecule is N#Cc1ccc(-c2ccc3c(c2)CN(C2CCNCC2)C3=O)cc1. The number of piperidine rings is 1. The molecule has 0 spiro atoms. The third-order valence-corrected chi connectivity index (χ3v) is 5.03. The molecular weight excluding hydrogens is 298 g/mol. The number of nitrogens with zero attached hydrogens (tertiary/aromatic N) is 2. The Morgan fingerprint density at radius 3 is 2.46 bits per heavy atom. The van der Waals surface area contributed by atoms with E-state index >= 15 is 0 Å². The number of benzene rings is 2. The Morgan fingerprint density at radius 2 is 1.75 bits per heavy atom. The lowest BCUT2D eigenvalue weighted by atomic mass is 10.00. The fourth-order valence-corrected chi connectivity index (χ4v) is 3.67. The van der Waals surface area contributed by atoms with E-state index in [1.807, 2.05) is 41.3 Å². The molecule has 4 nitrogen and oxygen atoms in total. The van der Waals surface area contributed by atoms with Crippen molar-refractivity contribution in [2.75, 3.05) is 13.1 Å². The molecule has 120 valence electrons. The molecule has 1 saturated heterocycles. The zero-order valence-electron chi connectivity index (χ0n) is 13.5. The second kappa shape index (κ2) is 6.10. The van der Waals surface area contributed by atoms with Crippen LogP contribution < -0.4 is 5.32 Å². The van der Waals surface area contributed by atoms with Crippen molar-refractivity contribution in [2.24, 2.45) is 0 Å². The van der Waals surface area contributed by atoms with E-state index in [4.69, 9.17) is 5.26 Å². The average molecular weight is 317 g/mol. The Bertz CT molecular complexity index is 814. The van der Waals surface area contributed by atoms with Gasteiger partial charge in [-0.1, -0.05) is 18.2 Å². The number of hydrogen-bond donors (Lipinski definition) is 1. The summed E-state index contributed by atoms with van der Waals surface area (Å²) in [6, 6.07) is 16.1. The van der Waals surface area contributed by atoms with Gasteiger partial charge >= 0.3 is 0 Å². The molecule has 1 amide bonds. The number of rotatable bonds is 2. The van der Waals surface area contributed by atoms with Crippen molar-refractivity contribution in [3.63, 3.8) is 0 Å². The van der Waals surface area contributed by atoms with Gasteiger partial charge in [-0.25, -0.2) is 0 Å². The van der Waals surface area contributed by atoms with E-state index in [0.29, 0.717) is 18.2 Å². The van der Waals surface area contributed by atoms with E-state index in [2.05, 4.69) is 17.5 Å². The molecule has 0 unspecified atom stereocenters. The van der Waals surface area contributed by atoms with Crippen molar-refractivity contribution in [1.29, 1.82) is 5.26 Å². The molecule has 2 aliphatic rings. The number of nitriles is 1. The molecule has 0 atom stereocenters. The van der Waals surface area contributed by atoms with Gasteiger partial charge in [0.2, 0.25) is 0 Å². The molecule has 24 heavy (non-hydrogen) atoms. The van der Waals surface area contributed by atoms with Gasteiger partial charge in [0.25, 0.3) is 5.91 Å². The first kappa shape index (κ1) is 14.9. The van der Waals surface area contributed by atoms with E-state index in [0.717, 1.165) is 48.2 Å². The number of carbonyl (C=O) groups is 1. The largest absolute Gasteiger partial charge is 0.331 e. The van der Waals surface area contributed by atoms with E-state index in [-0.39, 0.29) is 5.91 Å². The lowest BCUT2D eigenvalue weighted by Gasteiger charge is -2.31. The van der Waals surface area contributed by atoms with Crippen LogP contribution in [0.25, 0.3) is 11.1 Å². The molecular formula is C20H19N3O. The Kier molecular flexibility index (Phi) is 3.79. The first-order valence-electron chi connectivity index (χ1n) is 8.41. The topological polar surface area (TPSA) is 56.1 Å². The second-order valence-corrected chi connectivity index (χ2v) is 6.48. The maximum atomic E-state index is 12.7. The second-order valence-electron chi connectivity index (χ2n) is 6.48. The number of fused-ring (bicyclic) bond motifs is 1. The minimum absolute atomic E-state index is 0.170. The van der Waals surface area contributed by atoms with E-state index in [1.165, 1.54) is 0 Å². The monoisotopic (exact) mass is 317 g/mol. The molecule has 0 bridgehead atoms. The first-order valence-corrected chi connectivity index (χ1v) is 8.41. The van der Waals surface area contributed by atoms with Crippen LogP contribution in [0.2, 0.25) is 0 Å². The highest BCUT2D eigenvalue weighted by molar-refractivity contribution is 5.99. The molecule has 2 heterocycles. The minimum Gasteiger partial charge on any atom is -0.331 e. The summed E-state index contributed by atoms with van der Waals surface area (Å²) in [5.41, 5.74) is 4.78. The Balaban J connectivity index is 1.61. The highest BCUT2D eigenvalue weighted by atomic mass is 16.2. The highest BCUT2D eigenvalue weighted by Crippen LogP contribution is 2.31. The van der Waals surface area contributed by atoms with Gasteiger partial charge in [0.05, 0.1) is 11.6 Å². The molecule has 4 heteroatoms. The molecule has 0 aromatic heterocycles. The Hall–Kier alpha value is -2.64. The van der Waals surface area contributed by atoms with Gasteiger partial charge < -0.3 is 10.2 Å². The quantitative estimate of drug-likeness (QED) is 0.926. The number of nitrogens with one attached hydrogen (secondary N) is 1. The van der Waals surface area contributed by atoms with Crippen LogP contribution in [-0.2, 0) is 6.54 Å². The lowest BCUT2D eigenvalue weighted by molar-refractivity contribution is 0.0668. The van der Waals surface area contributed by atoms with Crippen LogP contribution in [0.3, 0.4) is 0 Å². The maximum Gasteiger partial charge on any atom is 0.254 e. The van der Waals surface area contributed by atoms with Crippen LogP contribution in [0.4, 0.5) is 0 Å². The normalized spacial score (nSPS) is 17.6. The zero-order valence-corrected chi connectivity index (χ0v) is 13.5. The van der Waals surface area contributed by atoms with E-state index in [9.17, 15) is 4.79 Å². The summed E-state index contributed by atoms with van der Waals surface area (Å²) in [6.07, 6.45) is 2.06. The van der Waals surface area contributed by atoms with Gasteiger partial charge in [-0.05, 0) is 66.9 Å². The third-order valence-electron chi connectivity index (χ3n) is 5.03. The summed E-state index contributed by atoms with van der Waals surface area (Å²) < 4.78 is 0. The zero-order chi connectivity index (χ0) is 16.5. The molecule has 2 aliphatic heterocycles. The Labute approximate surface area is 141 Å². The molecule has 0 aliphatic carbocycles. The first-order chi connectivity index (χ1) is 11.8. The van der Waals surface area contributed by atoms with Crippen LogP contribution >= 0.6 is 0 Å². The third kappa shape index (κ3) is 2.57. The molecule has 0 saturated carbocycles. The van der Waals surface area contributed by atoms with Crippen molar-refractivity contribution in [3.05, 3.63) is 59.2 Å². The summed E-state index contributed by atoms with van der Waals surface area (Å²) in [5.74, 6) is 0.170. The Morgan fingerprint density at radius 1 is 1.04 bits per heavy atom. The number of amides is 1. The molecule has 1 fully saturated rings. The summed E-state index contributed by atoms with van der Waals surface area (Å²) in [6.45, 7) is 2.69. The minimum atomic E-state index is 0.170. The predicted molar refractivity (Wildman–Crippen MR) is 92.4 cm³/mol. The van der Waals surface area contributed by atoms with Crippen molar-refractivity contribution in [2.45, 2.75) is 25.4 Å². The fourth-order valence-electron chi connectivity index (χ4n) is 3.67. The van der Waals surface area contributed by atoms with Gasteiger partial charge in [0.15, 0.2) is 0 Å². The summed E-state index contributed by atoms with van der Waals surface area (Å²) in [7, 11) is 0. The number of carbonyl (C=O) groups excluding carboxylic acids is 1. The van der Waals surface area contributed by atoms with Gasteiger partial charge in [0.1, 0.15) is 0 Å². The van der Waals surface area contributed by atoms with Crippen molar-refractivity contribution in [3.8, 4) is 17.2 Å². The standard InChI is InChI=1S/C20H19N3O/c21-12-14-1-3-15(4-2-14)16-5-6-19-17(11-16)13-23(20(19)24)18-7-9-22-10-8-18/h1-6,11,18,22H,7-10,13H2. The number of hydrogen-bond acceptors (Lipinski definition) is 3. The van der Waals surface area contributed by atoms with Gasteiger partial charge in [-0.2, -0.15) is 5.26 Å². The van der Waals surface area contributed by atoms with Crippen molar-refractivity contribution < 1.29 is 4.79 Å². The van der Waals surface area contributed by atoms with Gasteiger partial charge in [-0.3, -0.25) is 4.79 Å². The summed E-state index contributed by atoms with van der Waals surface area (Å²) in [5, 5.41) is 12.3.